The van der Waals surface area contributed by atoms with Crippen LogP contribution in [0.2, 0.25) is 0 Å². The fraction of sp³-hybridized carbons (Fsp3) is 0.778. The van der Waals surface area contributed by atoms with Crippen molar-refractivity contribution in [2.45, 2.75) is 145 Å². The van der Waals surface area contributed by atoms with Crippen LogP contribution in [0, 0.1) is 62.1 Å². The molecular weight excluding hydrogens is 675 g/mol. The van der Waals surface area contributed by atoms with Crippen LogP contribution in [0.3, 0.4) is 0 Å². The van der Waals surface area contributed by atoms with Gasteiger partial charge in [0.25, 0.3) is 0 Å². The molecule has 3 N–H and O–H groups in total. The summed E-state index contributed by atoms with van der Waals surface area (Å²) in [7, 11) is 0. The quantitative estimate of drug-likeness (QED) is 0.257. The Balaban J connectivity index is 1.38. The minimum atomic E-state index is -0.626. The minimum absolute atomic E-state index is 0.0200. The van der Waals surface area contributed by atoms with E-state index in [1.165, 1.54) is 5.57 Å². The number of ether oxygens (including phenoxy) is 2. The minimum Gasteiger partial charge on any atom is -0.481 e. The number of fused-ring (bicyclic) bond motifs is 3. The van der Waals surface area contributed by atoms with Crippen LogP contribution in [0.1, 0.15) is 128 Å². The second-order valence-electron chi connectivity index (χ2n) is 21.1. The first-order valence-corrected chi connectivity index (χ1v) is 20.9. The van der Waals surface area contributed by atoms with Gasteiger partial charge in [0, 0.05) is 34.3 Å². The zero-order chi connectivity index (χ0) is 39.4. The number of allylic oxidation sites excluding steroid dienone is 1. The summed E-state index contributed by atoms with van der Waals surface area (Å²) in [5.74, 6) is 1.06. The van der Waals surface area contributed by atoms with Gasteiger partial charge in [-0.2, -0.15) is 5.10 Å². The molecule has 2 aromatic heterocycles. The molecule has 1 saturated heterocycles. The number of hydrogen-bond acceptors (Lipinski definition) is 7. The molecule has 0 amide bonds. The van der Waals surface area contributed by atoms with E-state index in [-0.39, 0.29) is 56.7 Å². The van der Waals surface area contributed by atoms with Gasteiger partial charge in [-0.25, -0.2) is 9.67 Å². The number of hydrogen-bond donors (Lipinski definition) is 2. The molecule has 3 heterocycles. The van der Waals surface area contributed by atoms with Crippen LogP contribution in [0.25, 0.3) is 11.4 Å². The van der Waals surface area contributed by atoms with Crippen molar-refractivity contribution in [3.05, 3.63) is 42.5 Å². The van der Waals surface area contributed by atoms with Gasteiger partial charge in [-0.1, -0.05) is 80.9 Å². The van der Waals surface area contributed by atoms with E-state index in [0.717, 1.165) is 49.9 Å². The SMILES string of the molecule is CC(C)[C@@H](C)[C@@]1(C)CC[C@]2(C)[C@H]3CC[C@@H]4C5(C[C@@H](n6ncnc6-c6ccncc6)[C@H](OCC(C)(N)C(C)(C)C)[C@@]4(C)CO[C@H]5C)C3=CC[C@@]2(C)[C@@H]1C(=O)O. The molecule has 0 spiro atoms. The molecule has 5 aliphatic rings. The van der Waals surface area contributed by atoms with Gasteiger partial charge in [0.1, 0.15) is 6.33 Å². The maximum Gasteiger partial charge on any atom is 0.307 e. The number of carboxylic acid groups (broad SMARTS) is 1. The van der Waals surface area contributed by atoms with Crippen LogP contribution < -0.4 is 5.73 Å². The summed E-state index contributed by atoms with van der Waals surface area (Å²) in [5.41, 5.74) is 7.35. The van der Waals surface area contributed by atoms with Crippen molar-refractivity contribution in [2.75, 3.05) is 13.2 Å². The third kappa shape index (κ3) is 5.39. The van der Waals surface area contributed by atoms with Crippen molar-refractivity contribution >= 4 is 5.97 Å². The number of nitrogens with two attached hydrogens (primary N) is 1. The molecule has 2 aromatic rings. The zero-order valence-electron chi connectivity index (χ0n) is 35.3. The normalized spacial score (nSPS) is 42.2. The average molecular weight is 744 g/mol. The lowest BCUT2D eigenvalue weighted by Crippen LogP contribution is -2.71. The lowest BCUT2D eigenvalue weighted by molar-refractivity contribution is -0.274. The highest BCUT2D eigenvalue weighted by Crippen LogP contribution is 2.76. The Hall–Kier alpha value is -2.62. The Kier molecular flexibility index (Phi) is 9.50. The molecule has 2 unspecified atom stereocenters. The zero-order valence-corrected chi connectivity index (χ0v) is 35.3. The average Bonchev–Trinajstić information content (AvgIpc) is 3.59. The van der Waals surface area contributed by atoms with Gasteiger partial charge in [-0.15, -0.1) is 0 Å². The monoisotopic (exact) mass is 744 g/mol. The van der Waals surface area contributed by atoms with Gasteiger partial charge in [0.2, 0.25) is 0 Å². The first-order chi connectivity index (χ1) is 25.1. The molecule has 3 saturated carbocycles. The molecule has 2 bridgehead atoms. The van der Waals surface area contributed by atoms with Crippen LogP contribution >= 0.6 is 0 Å². The number of rotatable bonds is 8. The Bertz CT molecular complexity index is 1770. The van der Waals surface area contributed by atoms with Gasteiger partial charge in [-0.05, 0) is 110 Å². The molecule has 0 aromatic carbocycles. The van der Waals surface area contributed by atoms with Crippen molar-refractivity contribution in [3.63, 3.8) is 0 Å². The predicted molar refractivity (Wildman–Crippen MR) is 212 cm³/mol. The Morgan fingerprint density at radius 1 is 1.07 bits per heavy atom. The second-order valence-corrected chi connectivity index (χ2v) is 21.1. The first-order valence-electron chi connectivity index (χ1n) is 20.9. The van der Waals surface area contributed by atoms with Crippen LogP contribution in [-0.2, 0) is 14.3 Å². The van der Waals surface area contributed by atoms with Crippen molar-refractivity contribution in [1.29, 1.82) is 0 Å². The van der Waals surface area contributed by atoms with Crippen LogP contribution in [0.15, 0.2) is 42.5 Å². The van der Waals surface area contributed by atoms with E-state index in [4.69, 9.17) is 25.3 Å². The third-order valence-corrected chi connectivity index (χ3v) is 17.7. The Morgan fingerprint density at radius 3 is 2.39 bits per heavy atom. The molecule has 9 nitrogen and oxygen atoms in total. The molecule has 0 radical (unpaired) electrons. The summed E-state index contributed by atoms with van der Waals surface area (Å²) in [6.07, 6.45) is 13.2. The topological polar surface area (TPSA) is 125 Å². The highest BCUT2D eigenvalue weighted by atomic mass is 16.5. The Labute approximate surface area is 324 Å². The van der Waals surface area contributed by atoms with Gasteiger partial charge in [0.15, 0.2) is 5.82 Å². The van der Waals surface area contributed by atoms with E-state index >= 15 is 0 Å². The molecule has 1 aliphatic heterocycles. The van der Waals surface area contributed by atoms with E-state index in [1.54, 1.807) is 6.33 Å². The molecule has 9 heteroatoms. The smallest absolute Gasteiger partial charge is 0.307 e. The maximum atomic E-state index is 13.6. The molecule has 298 valence electrons. The van der Waals surface area contributed by atoms with Gasteiger partial charge < -0.3 is 20.3 Å². The predicted octanol–water partition coefficient (Wildman–Crippen LogP) is 9.01. The van der Waals surface area contributed by atoms with Crippen molar-refractivity contribution in [3.8, 4) is 11.4 Å². The molecule has 54 heavy (non-hydrogen) atoms. The summed E-state index contributed by atoms with van der Waals surface area (Å²) in [6.45, 7) is 28.3. The lowest BCUT2D eigenvalue weighted by Gasteiger charge is -2.72. The van der Waals surface area contributed by atoms with E-state index in [1.807, 2.05) is 24.5 Å². The van der Waals surface area contributed by atoms with Crippen molar-refractivity contribution in [1.82, 2.24) is 19.7 Å². The Morgan fingerprint density at radius 2 is 1.76 bits per heavy atom. The highest BCUT2D eigenvalue weighted by Gasteiger charge is 2.73. The number of pyridine rings is 1. The molecular formula is C45H69N5O4. The summed E-state index contributed by atoms with van der Waals surface area (Å²) in [5, 5.41) is 16.2. The summed E-state index contributed by atoms with van der Waals surface area (Å²) < 4.78 is 16.4. The van der Waals surface area contributed by atoms with E-state index < -0.39 is 17.4 Å². The summed E-state index contributed by atoms with van der Waals surface area (Å²) in [6, 6.07) is 3.87. The molecule has 7 rings (SSSR count). The van der Waals surface area contributed by atoms with Gasteiger partial charge in [-0.3, -0.25) is 9.78 Å². The van der Waals surface area contributed by atoms with E-state index in [9.17, 15) is 9.90 Å². The lowest BCUT2D eigenvalue weighted by atomic mass is 9.33. The fourth-order valence-corrected chi connectivity index (χ4v) is 13.1. The molecule has 4 aliphatic carbocycles. The molecule has 13 atom stereocenters. The van der Waals surface area contributed by atoms with Crippen LogP contribution in [-0.4, -0.2) is 61.8 Å². The van der Waals surface area contributed by atoms with E-state index in [2.05, 4.69) is 98.8 Å². The number of aromatic nitrogens is 4. The fourth-order valence-electron chi connectivity index (χ4n) is 13.1. The highest BCUT2D eigenvalue weighted by molar-refractivity contribution is 5.73. The number of carboxylic acids is 1. The maximum absolute atomic E-state index is 13.6. The van der Waals surface area contributed by atoms with Crippen LogP contribution in [0.4, 0.5) is 0 Å². The second kappa shape index (κ2) is 13.0. The van der Waals surface area contributed by atoms with Crippen molar-refractivity contribution < 1.29 is 19.4 Å². The number of aliphatic carboxylic acids is 1. The third-order valence-electron chi connectivity index (χ3n) is 17.7. The van der Waals surface area contributed by atoms with Gasteiger partial charge in [0.05, 0.1) is 37.4 Å². The first kappa shape index (κ1) is 39.6. The van der Waals surface area contributed by atoms with Crippen LogP contribution in [0.5, 0.6) is 0 Å². The van der Waals surface area contributed by atoms with Gasteiger partial charge >= 0.3 is 5.97 Å². The molecule has 4 fully saturated rings. The summed E-state index contributed by atoms with van der Waals surface area (Å²) in [4.78, 5) is 22.8. The largest absolute Gasteiger partial charge is 0.481 e. The number of carbonyl (C=O) groups is 1. The van der Waals surface area contributed by atoms with Crippen molar-refractivity contribution in [2.24, 2.45) is 67.8 Å². The van der Waals surface area contributed by atoms with E-state index in [0.29, 0.717) is 31.0 Å². The summed E-state index contributed by atoms with van der Waals surface area (Å²) >= 11 is 0. The standard InChI is InChI=1S/C45H69N5O4/c1-27(2)28(3)40(8)19-20-42(10)31-13-14-34-41(9)24-53-29(4)45(34,32(31)15-18-43(42,11)35(40)38(51)52)23-33(36(41)54-25-44(12,46)39(5,6)7)50-37(48-26-49-50)30-16-21-47-22-17-30/h15-17,21-22,26-29,31,33-36H,13-14,18-20,23-25,46H2,1-12H3,(H,51,52)/t28-,29+,31+,33-,34+,35-,36+,40-,41+,42-,43+,44?,45?/m1/s1. The number of nitrogens with zero attached hydrogens (tertiary/aromatic N) is 4.